The van der Waals surface area contributed by atoms with Crippen molar-refractivity contribution in [2.24, 2.45) is 4.99 Å². The number of carbonyl (C=O) groups excluding carboxylic acids is 1. The first kappa shape index (κ1) is 18.8. The lowest BCUT2D eigenvalue weighted by molar-refractivity contribution is -0.161. The van der Waals surface area contributed by atoms with Gasteiger partial charge in [-0.05, 0) is 36.5 Å². The Hall–Kier alpha value is -3.20. The molecule has 3 heteroatoms. The molecule has 0 amide bonds. The number of esters is 1. The molecule has 30 heavy (non-hydrogen) atoms. The number of ether oxygens (including phenoxy) is 1. The summed E-state index contributed by atoms with van der Waals surface area (Å²) in [4.78, 5) is 18.8. The van der Waals surface area contributed by atoms with Gasteiger partial charge in [-0.1, -0.05) is 84.9 Å². The second-order valence-corrected chi connectivity index (χ2v) is 8.59. The number of benzene rings is 3. The molecule has 1 aliphatic carbocycles. The third-order valence-corrected chi connectivity index (χ3v) is 6.35. The predicted octanol–water partition coefficient (Wildman–Crippen LogP) is 4.96. The maximum absolute atomic E-state index is 13.6. The van der Waals surface area contributed by atoms with Crippen molar-refractivity contribution in [2.45, 2.75) is 43.7 Å². The maximum Gasteiger partial charge on any atom is 0.335 e. The van der Waals surface area contributed by atoms with Gasteiger partial charge in [-0.15, -0.1) is 0 Å². The van der Waals surface area contributed by atoms with Crippen molar-refractivity contribution >= 4 is 11.7 Å². The molecule has 2 aliphatic rings. The highest BCUT2D eigenvalue weighted by Gasteiger charge is 2.52. The van der Waals surface area contributed by atoms with Gasteiger partial charge in [0.2, 0.25) is 0 Å². The van der Waals surface area contributed by atoms with Gasteiger partial charge in [0.25, 0.3) is 0 Å². The van der Waals surface area contributed by atoms with Gasteiger partial charge in [0.05, 0.1) is 5.71 Å². The van der Waals surface area contributed by atoms with E-state index in [9.17, 15) is 4.79 Å². The molecular formula is C27H25NO2. The van der Waals surface area contributed by atoms with Crippen LogP contribution in [0.4, 0.5) is 0 Å². The summed E-state index contributed by atoms with van der Waals surface area (Å²) in [6, 6.07) is 28.6. The summed E-state index contributed by atoms with van der Waals surface area (Å²) in [5.41, 5.74) is 3.84. The number of carbonyl (C=O) groups is 1. The molecule has 1 unspecified atom stereocenters. The van der Waals surface area contributed by atoms with E-state index in [4.69, 9.17) is 9.73 Å². The van der Waals surface area contributed by atoms with Gasteiger partial charge < -0.3 is 4.74 Å². The van der Waals surface area contributed by atoms with Crippen LogP contribution in [-0.2, 0) is 28.8 Å². The molecule has 3 aromatic carbocycles. The third-order valence-electron chi connectivity index (χ3n) is 6.35. The van der Waals surface area contributed by atoms with Crippen LogP contribution in [-0.4, -0.2) is 22.8 Å². The molecule has 0 N–H and O–H groups in total. The number of aliphatic imine (C=N–C) groups is 1. The number of fused-ring (bicyclic) bond motifs is 3. The Balaban J connectivity index is 1.67. The quantitative estimate of drug-likeness (QED) is 0.586. The Morgan fingerprint density at radius 2 is 1.40 bits per heavy atom. The minimum atomic E-state index is -0.970. The van der Waals surface area contributed by atoms with E-state index in [1.54, 1.807) is 0 Å². The summed E-state index contributed by atoms with van der Waals surface area (Å²) < 4.78 is 6.23. The van der Waals surface area contributed by atoms with E-state index in [0.717, 1.165) is 35.2 Å². The van der Waals surface area contributed by atoms with Crippen LogP contribution in [0.5, 0.6) is 0 Å². The number of rotatable bonds is 4. The van der Waals surface area contributed by atoms with Crippen LogP contribution in [0.2, 0.25) is 0 Å². The van der Waals surface area contributed by atoms with Crippen LogP contribution >= 0.6 is 0 Å². The molecule has 0 radical (unpaired) electrons. The highest BCUT2D eigenvalue weighted by Crippen LogP contribution is 2.40. The van der Waals surface area contributed by atoms with Crippen LogP contribution in [0.25, 0.3) is 0 Å². The van der Waals surface area contributed by atoms with Gasteiger partial charge in [-0.25, -0.2) is 4.79 Å². The zero-order chi connectivity index (χ0) is 20.6. The lowest BCUT2D eigenvalue weighted by atomic mass is 9.75. The van der Waals surface area contributed by atoms with Gasteiger partial charge in [0.15, 0.2) is 11.1 Å². The summed E-state index contributed by atoms with van der Waals surface area (Å²) >= 11 is 0. The molecule has 5 rings (SSSR count). The Bertz CT molecular complexity index is 1060. The van der Waals surface area contributed by atoms with Gasteiger partial charge in [0.1, 0.15) is 0 Å². The van der Waals surface area contributed by atoms with Crippen LogP contribution in [0.1, 0.15) is 35.6 Å². The first-order valence-corrected chi connectivity index (χ1v) is 10.6. The standard InChI is InChI=1S/C27H25NO2/c1-26-17-16-22-14-8-9-15-23(22)24(26)28-27(25(29)30-26,18-20-10-4-2-5-11-20)19-21-12-6-3-7-13-21/h2-15H,16-19H2,1H3. The van der Waals surface area contributed by atoms with E-state index in [1.165, 1.54) is 5.56 Å². The third kappa shape index (κ3) is 3.24. The largest absolute Gasteiger partial charge is 0.451 e. The maximum atomic E-state index is 13.6. The van der Waals surface area contributed by atoms with Gasteiger partial charge in [0, 0.05) is 18.4 Å². The summed E-state index contributed by atoms with van der Waals surface area (Å²) in [7, 11) is 0. The van der Waals surface area contributed by atoms with Crippen molar-refractivity contribution in [3.8, 4) is 0 Å². The predicted molar refractivity (Wildman–Crippen MR) is 119 cm³/mol. The zero-order valence-corrected chi connectivity index (χ0v) is 17.2. The van der Waals surface area contributed by atoms with Gasteiger partial charge >= 0.3 is 5.97 Å². The fourth-order valence-electron chi connectivity index (χ4n) is 4.74. The first-order chi connectivity index (χ1) is 14.6. The molecule has 0 bridgehead atoms. The molecule has 0 aromatic heterocycles. The van der Waals surface area contributed by atoms with E-state index in [2.05, 4.69) is 42.5 Å². The van der Waals surface area contributed by atoms with Gasteiger partial charge in [-0.3, -0.25) is 4.99 Å². The lowest BCUT2D eigenvalue weighted by Gasteiger charge is -2.44. The SMILES string of the molecule is CC12CCc3ccccc3C1=NC(Cc1ccccc1)(Cc1ccccc1)C(=O)O2. The number of hydrogen-bond donors (Lipinski definition) is 0. The van der Waals surface area contributed by atoms with E-state index in [-0.39, 0.29) is 5.97 Å². The van der Waals surface area contributed by atoms with Crippen LogP contribution in [0, 0.1) is 0 Å². The van der Waals surface area contributed by atoms with Crippen molar-refractivity contribution < 1.29 is 9.53 Å². The molecule has 0 saturated heterocycles. The molecule has 3 aromatic rings. The molecule has 1 aliphatic heterocycles. The second kappa shape index (κ2) is 7.24. The van der Waals surface area contributed by atoms with E-state index >= 15 is 0 Å². The molecular weight excluding hydrogens is 370 g/mol. The van der Waals surface area contributed by atoms with E-state index in [0.29, 0.717) is 12.8 Å². The molecule has 1 atom stereocenters. The number of nitrogens with zero attached hydrogens (tertiary/aromatic N) is 1. The lowest BCUT2D eigenvalue weighted by Crippen LogP contribution is -2.57. The smallest absolute Gasteiger partial charge is 0.335 e. The number of aryl methyl sites for hydroxylation is 1. The molecule has 150 valence electrons. The fraction of sp³-hybridized carbons (Fsp3) is 0.259. The number of hydrogen-bond acceptors (Lipinski definition) is 3. The Morgan fingerprint density at radius 1 is 0.833 bits per heavy atom. The van der Waals surface area contributed by atoms with Crippen molar-refractivity contribution in [1.82, 2.24) is 0 Å². The van der Waals surface area contributed by atoms with E-state index in [1.807, 2.05) is 49.4 Å². The molecule has 0 saturated carbocycles. The van der Waals surface area contributed by atoms with Crippen LogP contribution in [0.15, 0.2) is 89.9 Å². The summed E-state index contributed by atoms with van der Waals surface area (Å²) in [5.74, 6) is -0.221. The van der Waals surface area contributed by atoms with Gasteiger partial charge in [-0.2, -0.15) is 0 Å². The Labute approximate surface area is 177 Å². The Kier molecular flexibility index (Phi) is 4.54. The molecule has 0 fully saturated rings. The average molecular weight is 396 g/mol. The summed E-state index contributed by atoms with van der Waals surface area (Å²) in [6.07, 6.45) is 2.69. The zero-order valence-electron chi connectivity index (χ0n) is 17.2. The fourth-order valence-corrected chi connectivity index (χ4v) is 4.74. The minimum absolute atomic E-state index is 0.221. The summed E-state index contributed by atoms with van der Waals surface area (Å²) in [6.45, 7) is 2.01. The Morgan fingerprint density at radius 3 is 2.03 bits per heavy atom. The van der Waals surface area contributed by atoms with Crippen molar-refractivity contribution in [3.05, 3.63) is 107 Å². The van der Waals surface area contributed by atoms with Crippen molar-refractivity contribution in [2.75, 3.05) is 0 Å². The molecule has 3 nitrogen and oxygen atoms in total. The normalized spacial score (nSPS) is 21.8. The first-order valence-electron chi connectivity index (χ1n) is 10.6. The molecule has 1 heterocycles. The monoisotopic (exact) mass is 395 g/mol. The van der Waals surface area contributed by atoms with Crippen molar-refractivity contribution in [3.63, 3.8) is 0 Å². The van der Waals surface area contributed by atoms with Crippen molar-refractivity contribution in [1.29, 1.82) is 0 Å². The summed E-state index contributed by atoms with van der Waals surface area (Å²) in [5, 5.41) is 0. The second-order valence-electron chi connectivity index (χ2n) is 8.59. The average Bonchev–Trinajstić information content (AvgIpc) is 2.76. The topological polar surface area (TPSA) is 38.7 Å². The van der Waals surface area contributed by atoms with Crippen LogP contribution in [0.3, 0.4) is 0 Å². The molecule has 0 spiro atoms. The highest BCUT2D eigenvalue weighted by molar-refractivity contribution is 6.12. The van der Waals surface area contributed by atoms with Crippen LogP contribution < -0.4 is 0 Å². The van der Waals surface area contributed by atoms with E-state index < -0.39 is 11.1 Å². The highest BCUT2D eigenvalue weighted by atomic mass is 16.6. The minimum Gasteiger partial charge on any atom is -0.451 e.